The zero-order chi connectivity index (χ0) is 21.6. The van der Waals surface area contributed by atoms with E-state index in [1.54, 1.807) is 13.8 Å². The molecule has 2 rings (SSSR count). The van der Waals surface area contributed by atoms with E-state index in [-0.39, 0.29) is 22.7 Å². The molecular weight excluding hydrogens is 383 g/mol. The molecule has 29 heavy (non-hydrogen) atoms. The van der Waals surface area contributed by atoms with E-state index >= 15 is 0 Å². The van der Waals surface area contributed by atoms with Gasteiger partial charge in [0.05, 0.1) is 4.92 Å². The van der Waals surface area contributed by atoms with Crippen LogP contribution in [-0.2, 0) is 4.79 Å². The molecule has 0 heterocycles. The van der Waals surface area contributed by atoms with E-state index in [0.29, 0.717) is 0 Å². The lowest BCUT2D eigenvalue weighted by atomic mass is 10.0. The Bertz CT molecular complexity index is 930. The number of nitrogens with one attached hydrogen (secondary N) is 3. The summed E-state index contributed by atoms with van der Waals surface area (Å²) in [6.07, 6.45) is 0. The van der Waals surface area contributed by atoms with Gasteiger partial charge in [0, 0.05) is 23.3 Å². The summed E-state index contributed by atoms with van der Waals surface area (Å²) >= 11 is 0. The van der Waals surface area contributed by atoms with Gasteiger partial charge in [0.2, 0.25) is 0 Å². The number of nitrogens with zero attached hydrogens (tertiary/aromatic N) is 1. The van der Waals surface area contributed by atoms with Crippen LogP contribution in [-0.4, -0.2) is 28.7 Å². The summed E-state index contributed by atoms with van der Waals surface area (Å²) in [6.45, 7) is 3.38. The second-order valence-electron chi connectivity index (χ2n) is 6.45. The average Bonchev–Trinajstić information content (AvgIpc) is 2.70. The predicted octanol–water partition coefficient (Wildman–Crippen LogP) is 1.95. The van der Waals surface area contributed by atoms with E-state index < -0.39 is 34.5 Å². The highest BCUT2D eigenvalue weighted by Crippen LogP contribution is 2.13. The minimum atomic E-state index is -0.988. The molecule has 0 aliphatic rings. The van der Waals surface area contributed by atoms with Crippen LogP contribution in [0.4, 0.5) is 10.1 Å². The molecule has 0 aliphatic carbocycles. The van der Waals surface area contributed by atoms with Gasteiger partial charge in [0.15, 0.2) is 0 Å². The first-order valence-electron chi connectivity index (χ1n) is 8.60. The Labute approximate surface area is 165 Å². The Balaban J connectivity index is 2.01. The number of benzene rings is 2. The van der Waals surface area contributed by atoms with Gasteiger partial charge < -0.3 is 5.32 Å². The van der Waals surface area contributed by atoms with Gasteiger partial charge in [0.1, 0.15) is 11.9 Å². The van der Waals surface area contributed by atoms with Gasteiger partial charge in [-0.2, -0.15) is 0 Å². The molecule has 0 aromatic heterocycles. The molecule has 2 aromatic carbocycles. The van der Waals surface area contributed by atoms with Crippen molar-refractivity contribution in [3.05, 3.63) is 75.6 Å². The molecule has 10 heteroatoms. The number of carbonyl (C=O) groups excluding carboxylic acids is 3. The third-order valence-corrected chi connectivity index (χ3v) is 3.96. The third kappa shape index (κ3) is 5.83. The normalized spacial score (nSPS) is 11.4. The van der Waals surface area contributed by atoms with Crippen molar-refractivity contribution in [2.24, 2.45) is 5.92 Å². The lowest BCUT2D eigenvalue weighted by Gasteiger charge is -2.22. The molecule has 0 spiro atoms. The van der Waals surface area contributed by atoms with Crippen LogP contribution in [0.15, 0.2) is 48.5 Å². The highest BCUT2D eigenvalue weighted by atomic mass is 19.1. The van der Waals surface area contributed by atoms with Crippen molar-refractivity contribution < 1.29 is 23.7 Å². The fourth-order valence-corrected chi connectivity index (χ4v) is 2.39. The maximum atomic E-state index is 13.0. The van der Waals surface area contributed by atoms with Crippen molar-refractivity contribution >= 4 is 23.4 Å². The van der Waals surface area contributed by atoms with Crippen molar-refractivity contribution in [2.45, 2.75) is 19.9 Å². The van der Waals surface area contributed by atoms with E-state index in [1.165, 1.54) is 30.3 Å². The molecule has 0 saturated carbocycles. The van der Waals surface area contributed by atoms with Crippen LogP contribution >= 0.6 is 0 Å². The van der Waals surface area contributed by atoms with Gasteiger partial charge in [-0.1, -0.05) is 19.9 Å². The van der Waals surface area contributed by atoms with E-state index in [4.69, 9.17) is 0 Å². The van der Waals surface area contributed by atoms with Gasteiger partial charge in [0.25, 0.3) is 23.4 Å². The molecule has 9 nitrogen and oxygen atoms in total. The van der Waals surface area contributed by atoms with Crippen LogP contribution in [0.1, 0.15) is 34.6 Å². The molecule has 3 amide bonds. The highest BCUT2D eigenvalue weighted by Gasteiger charge is 2.25. The summed E-state index contributed by atoms with van der Waals surface area (Å²) in [4.78, 5) is 46.9. The Hall–Kier alpha value is -3.82. The van der Waals surface area contributed by atoms with E-state index in [1.807, 2.05) is 0 Å². The monoisotopic (exact) mass is 402 g/mol. The number of nitro groups is 1. The summed E-state index contributed by atoms with van der Waals surface area (Å²) in [7, 11) is 0. The molecule has 2 aromatic rings. The maximum absolute atomic E-state index is 13.0. The molecule has 0 fully saturated rings. The quantitative estimate of drug-likeness (QED) is 0.502. The number of non-ortho nitro benzene ring substituents is 1. The molecule has 0 unspecified atom stereocenters. The SMILES string of the molecule is CC(C)[C@H](NC(=O)c1ccc(F)cc1)C(=O)NNC(=O)c1cccc([N+](=O)[O-])c1. The fourth-order valence-electron chi connectivity index (χ4n) is 2.39. The zero-order valence-electron chi connectivity index (χ0n) is 15.6. The van der Waals surface area contributed by atoms with Crippen LogP contribution in [0.25, 0.3) is 0 Å². The third-order valence-electron chi connectivity index (χ3n) is 3.96. The van der Waals surface area contributed by atoms with Crippen molar-refractivity contribution in [3.63, 3.8) is 0 Å². The van der Waals surface area contributed by atoms with E-state index in [2.05, 4.69) is 16.2 Å². The smallest absolute Gasteiger partial charge is 0.270 e. The molecule has 0 radical (unpaired) electrons. The first-order valence-corrected chi connectivity index (χ1v) is 8.60. The van der Waals surface area contributed by atoms with Crippen LogP contribution in [0.2, 0.25) is 0 Å². The van der Waals surface area contributed by atoms with Crippen molar-refractivity contribution in [1.29, 1.82) is 0 Å². The van der Waals surface area contributed by atoms with Crippen molar-refractivity contribution in [1.82, 2.24) is 16.2 Å². The second-order valence-corrected chi connectivity index (χ2v) is 6.45. The minimum Gasteiger partial charge on any atom is -0.340 e. The number of rotatable bonds is 6. The molecule has 0 bridgehead atoms. The topological polar surface area (TPSA) is 130 Å². The van der Waals surface area contributed by atoms with Crippen molar-refractivity contribution in [2.75, 3.05) is 0 Å². The Morgan fingerprint density at radius 1 is 0.966 bits per heavy atom. The first kappa shape index (κ1) is 21.5. The van der Waals surface area contributed by atoms with Crippen molar-refractivity contribution in [3.8, 4) is 0 Å². The first-order chi connectivity index (χ1) is 13.7. The Morgan fingerprint density at radius 2 is 1.62 bits per heavy atom. The lowest BCUT2D eigenvalue weighted by molar-refractivity contribution is -0.384. The molecular formula is C19H19FN4O5. The Morgan fingerprint density at radius 3 is 2.21 bits per heavy atom. The summed E-state index contributed by atoms with van der Waals surface area (Å²) in [5, 5.41) is 13.3. The van der Waals surface area contributed by atoms with E-state index in [0.717, 1.165) is 18.2 Å². The number of nitro benzene ring substituents is 1. The van der Waals surface area contributed by atoms with Crippen LogP contribution in [0.5, 0.6) is 0 Å². The fraction of sp³-hybridized carbons (Fsp3) is 0.211. The number of hydrogen-bond donors (Lipinski definition) is 3. The highest BCUT2D eigenvalue weighted by molar-refractivity contribution is 5.99. The standard InChI is InChI=1S/C19H19FN4O5/c1-11(2)16(21-17(25)12-6-8-14(20)9-7-12)19(27)23-22-18(26)13-4-3-5-15(10-13)24(28)29/h3-11,16H,1-2H3,(H,21,25)(H,22,26)(H,23,27)/t16-/m0/s1. The van der Waals surface area contributed by atoms with Crippen LogP contribution < -0.4 is 16.2 Å². The van der Waals surface area contributed by atoms with Gasteiger partial charge >= 0.3 is 0 Å². The summed E-state index contributed by atoms with van der Waals surface area (Å²) in [5.74, 6) is -2.84. The van der Waals surface area contributed by atoms with Crippen LogP contribution in [0.3, 0.4) is 0 Å². The molecule has 152 valence electrons. The number of halogens is 1. The molecule has 3 N–H and O–H groups in total. The Kier molecular flexibility index (Phi) is 6.96. The lowest BCUT2D eigenvalue weighted by Crippen LogP contribution is -2.54. The summed E-state index contributed by atoms with van der Waals surface area (Å²) in [5.41, 5.74) is 4.24. The molecule has 0 aliphatic heterocycles. The summed E-state index contributed by atoms with van der Waals surface area (Å²) < 4.78 is 13.0. The maximum Gasteiger partial charge on any atom is 0.270 e. The number of amides is 3. The van der Waals surface area contributed by atoms with Crippen LogP contribution in [0, 0.1) is 21.8 Å². The molecule has 1 atom stereocenters. The summed E-state index contributed by atoms with van der Waals surface area (Å²) in [6, 6.07) is 8.82. The average molecular weight is 402 g/mol. The van der Waals surface area contributed by atoms with Gasteiger partial charge in [-0.3, -0.25) is 35.3 Å². The number of hydrogen-bond acceptors (Lipinski definition) is 5. The molecule has 0 saturated heterocycles. The second kappa shape index (κ2) is 9.40. The minimum absolute atomic E-state index is 0.0176. The zero-order valence-corrected chi connectivity index (χ0v) is 15.6. The van der Waals surface area contributed by atoms with Gasteiger partial charge in [-0.05, 0) is 36.2 Å². The largest absolute Gasteiger partial charge is 0.340 e. The number of hydrazine groups is 1. The van der Waals surface area contributed by atoms with Gasteiger partial charge in [-0.15, -0.1) is 0 Å². The van der Waals surface area contributed by atoms with E-state index in [9.17, 15) is 28.9 Å². The number of carbonyl (C=O) groups is 3. The van der Waals surface area contributed by atoms with Gasteiger partial charge in [-0.25, -0.2) is 4.39 Å². The predicted molar refractivity (Wildman–Crippen MR) is 101 cm³/mol.